The van der Waals surface area contributed by atoms with Gasteiger partial charge in [-0.25, -0.2) is 0 Å². The van der Waals surface area contributed by atoms with Crippen LogP contribution < -0.4 is 5.32 Å². The second-order valence-corrected chi connectivity index (χ2v) is 7.21. The van der Waals surface area contributed by atoms with Crippen molar-refractivity contribution in [1.29, 1.82) is 0 Å². The zero-order valence-corrected chi connectivity index (χ0v) is 12.7. The molecule has 2 heterocycles. The molecule has 0 saturated carbocycles. The van der Waals surface area contributed by atoms with Gasteiger partial charge in [0.2, 0.25) is 5.91 Å². The molecule has 3 nitrogen and oxygen atoms in total. The van der Waals surface area contributed by atoms with E-state index in [1.807, 2.05) is 11.8 Å². The third kappa shape index (κ3) is 2.55. The number of amides is 1. The van der Waals surface area contributed by atoms with Crippen LogP contribution in [0, 0.1) is 5.41 Å². The lowest BCUT2D eigenvalue weighted by Crippen LogP contribution is -2.57. The second kappa shape index (κ2) is 5.83. The molecule has 0 radical (unpaired) electrons. The molecule has 0 aromatic rings. The van der Waals surface area contributed by atoms with Gasteiger partial charge in [-0.2, -0.15) is 11.8 Å². The van der Waals surface area contributed by atoms with Gasteiger partial charge >= 0.3 is 0 Å². The van der Waals surface area contributed by atoms with E-state index in [1.165, 1.54) is 0 Å². The van der Waals surface area contributed by atoms with Crippen LogP contribution in [0.2, 0.25) is 0 Å². The zero-order chi connectivity index (χ0) is 13.2. The van der Waals surface area contributed by atoms with Gasteiger partial charge < -0.3 is 10.2 Å². The molecular formula is C14H26N2OS. The van der Waals surface area contributed by atoms with E-state index in [0.29, 0.717) is 17.2 Å². The van der Waals surface area contributed by atoms with Crippen molar-refractivity contribution in [3.63, 3.8) is 0 Å². The largest absolute Gasteiger partial charge is 0.338 e. The standard InChI is InChI=1S/C14H26N2OS/c1-4-14(6-5-7-15-10-14)13(17)16-8-9-18-12(3)11(16)2/h11-12,15H,4-10H2,1-3H3. The van der Waals surface area contributed by atoms with Crippen molar-refractivity contribution >= 4 is 17.7 Å². The first-order chi connectivity index (χ1) is 8.60. The summed E-state index contributed by atoms with van der Waals surface area (Å²) in [5.74, 6) is 1.49. The Balaban J connectivity index is 2.12. The lowest BCUT2D eigenvalue weighted by atomic mass is 9.76. The molecule has 2 aliphatic heterocycles. The molecule has 1 amide bonds. The lowest BCUT2D eigenvalue weighted by molar-refractivity contribution is -0.145. The smallest absolute Gasteiger partial charge is 0.230 e. The van der Waals surface area contributed by atoms with E-state index in [-0.39, 0.29) is 5.41 Å². The number of carbonyl (C=O) groups is 1. The molecule has 3 atom stereocenters. The van der Waals surface area contributed by atoms with Crippen LogP contribution in [0.15, 0.2) is 0 Å². The van der Waals surface area contributed by atoms with Crippen molar-refractivity contribution in [2.24, 2.45) is 5.41 Å². The summed E-state index contributed by atoms with van der Waals surface area (Å²) in [6, 6.07) is 0.376. The molecule has 18 heavy (non-hydrogen) atoms. The average Bonchev–Trinajstić information content (AvgIpc) is 2.42. The van der Waals surface area contributed by atoms with Gasteiger partial charge in [-0.1, -0.05) is 13.8 Å². The van der Waals surface area contributed by atoms with E-state index in [2.05, 4.69) is 31.0 Å². The topological polar surface area (TPSA) is 32.3 Å². The van der Waals surface area contributed by atoms with E-state index in [0.717, 1.165) is 44.6 Å². The molecular weight excluding hydrogens is 244 g/mol. The summed E-state index contributed by atoms with van der Waals surface area (Å²) in [6.45, 7) is 9.47. The minimum Gasteiger partial charge on any atom is -0.338 e. The Morgan fingerprint density at radius 3 is 2.89 bits per heavy atom. The van der Waals surface area contributed by atoms with E-state index in [1.54, 1.807) is 0 Å². The predicted molar refractivity (Wildman–Crippen MR) is 77.9 cm³/mol. The highest BCUT2D eigenvalue weighted by Crippen LogP contribution is 2.35. The molecule has 1 N–H and O–H groups in total. The molecule has 104 valence electrons. The van der Waals surface area contributed by atoms with Crippen LogP contribution in [-0.4, -0.2) is 47.5 Å². The highest BCUT2D eigenvalue weighted by molar-refractivity contribution is 8.00. The maximum Gasteiger partial charge on any atom is 0.230 e. The summed E-state index contributed by atoms with van der Waals surface area (Å²) in [5, 5.41) is 3.98. The van der Waals surface area contributed by atoms with Gasteiger partial charge in [-0.05, 0) is 32.7 Å². The fraction of sp³-hybridized carbons (Fsp3) is 0.929. The maximum atomic E-state index is 12.9. The third-order valence-electron chi connectivity index (χ3n) is 4.75. The first-order valence-corrected chi connectivity index (χ1v) is 8.29. The molecule has 2 fully saturated rings. The molecule has 0 bridgehead atoms. The molecule has 2 saturated heterocycles. The third-order valence-corrected chi connectivity index (χ3v) is 6.09. The van der Waals surface area contributed by atoms with Gasteiger partial charge in [0.25, 0.3) is 0 Å². The Morgan fingerprint density at radius 1 is 1.50 bits per heavy atom. The number of thioether (sulfide) groups is 1. The van der Waals surface area contributed by atoms with Crippen molar-refractivity contribution in [1.82, 2.24) is 10.2 Å². The molecule has 2 rings (SSSR count). The van der Waals surface area contributed by atoms with Crippen LogP contribution in [-0.2, 0) is 4.79 Å². The summed E-state index contributed by atoms with van der Waals surface area (Å²) in [6.07, 6.45) is 3.15. The van der Waals surface area contributed by atoms with Crippen molar-refractivity contribution in [2.45, 2.75) is 51.3 Å². The Hall–Kier alpha value is -0.220. The monoisotopic (exact) mass is 270 g/mol. The predicted octanol–water partition coefficient (Wildman–Crippen LogP) is 2.12. The summed E-state index contributed by atoms with van der Waals surface area (Å²) in [5.41, 5.74) is -0.131. The van der Waals surface area contributed by atoms with Gasteiger partial charge in [-0.3, -0.25) is 4.79 Å². The summed E-state index contributed by atoms with van der Waals surface area (Å²) in [4.78, 5) is 15.1. The van der Waals surface area contributed by atoms with Crippen molar-refractivity contribution in [2.75, 3.05) is 25.4 Å². The normalized spacial score (nSPS) is 37.6. The molecule has 0 aromatic heterocycles. The van der Waals surface area contributed by atoms with E-state index in [9.17, 15) is 4.79 Å². The van der Waals surface area contributed by atoms with Crippen LogP contribution in [0.25, 0.3) is 0 Å². The minimum absolute atomic E-state index is 0.131. The number of carbonyl (C=O) groups excluding carboxylic acids is 1. The minimum atomic E-state index is -0.131. The second-order valence-electron chi connectivity index (χ2n) is 5.73. The summed E-state index contributed by atoms with van der Waals surface area (Å²) in [7, 11) is 0. The average molecular weight is 270 g/mol. The van der Waals surface area contributed by atoms with E-state index in [4.69, 9.17) is 0 Å². The quantitative estimate of drug-likeness (QED) is 0.834. The number of nitrogens with zero attached hydrogens (tertiary/aromatic N) is 1. The molecule has 0 aromatic carbocycles. The van der Waals surface area contributed by atoms with E-state index >= 15 is 0 Å². The van der Waals surface area contributed by atoms with Gasteiger partial charge in [-0.15, -0.1) is 0 Å². The van der Waals surface area contributed by atoms with Crippen LogP contribution in [0.1, 0.15) is 40.0 Å². The number of rotatable bonds is 2. The molecule has 0 aliphatic carbocycles. The summed E-state index contributed by atoms with van der Waals surface area (Å²) < 4.78 is 0. The zero-order valence-electron chi connectivity index (χ0n) is 11.9. The summed E-state index contributed by atoms with van der Waals surface area (Å²) >= 11 is 1.99. The molecule has 2 aliphatic rings. The number of piperidine rings is 1. The van der Waals surface area contributed by atoms with Gasteiger partial charge in [0.15, 0.2) is 0 Å². The lowest BCUT2D eigenvalue weighted by Gasteiger charge is -2.45. The van der Waals surface area contributed by atoms with E-state index < -0.39 is 0 Å². The fourth-order valence-corrected chi connectivity index (χ4v) is 4.23. The van der Waals surface area contributed by atoms with Crippen LogP contribution in [0.5, 0.6) is 0 Å². The molecule has 0 spiro atoms. The highest BCUT2D eigenvalue weighted by atomic mass is 32.2. The molecule has 4 heteroatoms. The molecule has 3 unspecified atom stereocenters. The first-order valence-electron chi connectivity index (χ1n) is 7.24. The van der Waals surface area contributed by atoms with Crippen LogP contribution in [0.3, 0.4) is 0 Å². The number of nitrogens with one attached hydrogen (secondary N) is 1. The van der Waals surface area contributed by atoms with Crippen molar-refractivity contribution in [3.8, 4) is 0 Å². The Kier molecular flexibility index (Phi) is 4.59. The number of hydrogen-bond acceptors (Lipinski definition) is 3. The van der Waals surface area contributed by atoms with Crippen molar-refractivity contribution < 1.29 is 4.79 Å². The van der Waals surface area contributed by atoms with Crippen molar-refractivity contribution in [3.05, 3.63) is 0 Å². The fourth-order valence-electron chi connectivity index (χ4n) is 3.13. The Labute approximate surface area is 115 Å². The van der Waals surface area contributed by atoms with Crippen LogP contribution >= 0.6 is 11.8 Å². The number of hydrogen-bond donors (Lipinski definition) is 1. The Bertz CT molecular complexity index is 302. The van der Waals surface area contributed by atoms with Crippen LogP contribution in [0.4, 0.5) is 0 Å². The van der Waals surface area contributed by atoms with Gasteiger partial charge in [0, 0.05) is 30.1 Å². The van der Waals surface area contributed by atoms with Gasteiger partial charge in [0.05, 0.1) is 5.41 Å². The highest BCUT2D eigenvalue weighted by Gasteiger charge is 2.43. The maximum absolute atomic E-state index is 12.9. The Morgan fingerprint density at radius 2 is 2.28 bits per heavy atom. The van der Waals surface area contributed by atoms with Gasteiger partial charge in [0.1, 0.15) is 0 Å². The SMILES string of the molecule is CCC1(C(=O)N2CCSC(C)C2C)CCCNC1. The first kappa shape index (κ1) is 14.2.